The summed E-state index contributed by atoms with van der Waals surface area (Å²) in [6.45, 7) is 0. The summed E-state index contributed by atoms with van der Waals surface area (Å²) in [7, 11) is 0. The summed E-state index contributed by atoms with van der Waals surface area (Å²) < 4.78 is 7.49. The SMILES string of the molecule is O=c1c2c(-c3ccncc3)coc2ccn1[C@@H]1CC1c1ccc2ccccc2n1. The number of para-hydroxylation sites is 1. The Labute approximate surface area is 166 Å². The molecule has 4 aromatic heterocycles. The Balaban J connectivity index is 1.41. The van der Waals surface area contributed by atoms with E-state index < -0.39 is 0 Å². The molecule has 5 heteroatoms. The summed E-state index contributed by atoms with van der Waals surface area (Å²) in [5.41, 5.74) is 4.37. The van der Waals surface area contributed by atoms with E-state index in [0.717, 1.165) is 34.1 Å². The van der Waals surface area contributed by atoms with Crippen LogP contribution in [-0.4, -0.2) is 14.5 Å². The number of aromatic nitrogens is 3. The maximum Gasteiger partial charge on any atom is 0.262 e. The minimum Gasteiger partial charge on any atom is -0.463 e. The molecule has 1 aliphatic rings. The highest BCUT2D eigenvalue weighted by molar-refractivity contribution is 5.93. The molecule has 1 unspecified atom stereocenters. The first-order chi connectivity index (χ1) is 14.3. The molecular formula is C24H17N3O2. The van der Waals surface area contributed by atoms with Crippen molar-refractivity contribution < 1.29 is 4.42 Å². The normalized spacial score (nSPS) is 18.3. The van der Waals surface area contributed by atoms with Crippen LogP contribution in [0.3, 0.4) is 0 Å². The van der Waals surface area contributed by atoms with Gasteiger partial charge < -0.3 is 8.98 Å². The quantitative estimate of drug-likeness (QED) is 0.446. The average Bonchev–Trinajstić information content (AvgIpc) is 3.44. The maximum atomic E-state index is 13.3. The molecular weight excluding hydrogens is 362 g/mol. The van der Waals surface area contributed by atoms with E-state index in [4.69, 9.17) is 9.40 Å². The molecule has 0 aliphatic heterocycles. The Morgan fingerprint density at radius 2 is 1.86 bits per heavy atom. The molecule has 0 saturated heterocycles. The van der Waals surface area contributed by atoms with E-state index in [2.05, 4.69) is 23.2 Å². The van der Waals surface area contributed by atoms with Crippen LogP contribution in [0.4, 0.5) is 0 Å². The number of fused-ring (bicyclic) bond motifs is 2. The minimum atomic E-state index is -0.0173. The molecule has 1 fully saturated rings. The zero-order valence-corrected chi connectivity index (χ0v) is 15.5. The van der Waals surface area contributed by atoms with E-state index in [1.165, 1.54) is 0 Å². The van der Waals surface area contributed by atoms with E-state index in [1.807, 2.05) is 47.2 Å². The summed E-state index contributed by atoms with van der Waals surface area (Å²) in [5, 5.41) is 1.75. The summed E-state index contributed by atoms with van der Waals surface area (Å²) >= 11 is 0. The van der Waals surface area contributed by atoms with Crippen LogP contribution in [0.25, 0.3) is 33.0 Å². The minimum absolute atomic E-state index is 0.0173. The van der Waals surface area contributed by atoms with Gasteiger partial charge in [0.25, 0.3) is 5.56 Å². The van der Waals surface area contributed by atoms with Gasteiger partial charge in [-0.1, -0.05) is 24.3 Å². The molecule has 1 aliphatic carbocycles. The van der Waals surface area contributed by atoms with Gasteiger partial charge in [-0.3, -0.25) is 14.8 Å². The largest absolute Gasteiger partial charge is 0.463 e. The fraction of sp³-hybridized carbons (Fsp3) is 0.125. The predicted molar refractivity (Wildman–Crippen MR) is 112 cm³/mol. The number of pyridine rings is 3. The molecule has 5 aromatic rings. The van der Waals surface area contributed by atoms with Gasteiger partial charge >= 0.3 is 0 Å². The highest BCUT2D eigenvalue weighted by Gasteiger charge is 2.42. The van der Waals surface area contributed by atoms with Gasteiger partial charge in [-0.25, -0.2) is 0 Å². The fourth-order valence-corrected chi connectivity index (χ4v) is 4.16. The van der Waals surface area contributed by atoms with Gasteiger partial charge in [0.2, 0.25) is 0 Å². The first-order valence-electron chi connectivity index (χ1n) is 9.68. The Morgan fingerprint density at radius 1 is 1.00 bits per heavy atom. The molecule has 0 spiro atoms. The topological polar surface area (TPSA) is 60.9 Å². The van der Waals surface area contributed by atoms with E-state index in [1.54, 1.807) is 18.7 Å². The summed E-state index contributed by atoms with van der Waals surface area (Å²) in [6.07, 6.45) is 7.85. The Morgan fingerprint density at radius 3 is 2.76 bits per heavy atom. The van der Waals surface area contributed by atoms with Crippen LogP contribution in [0.15, 0.2) is 88.7 Å². The lowest BCUT2D eigenvalue weighted by atomic mass is 10.1. The number of rotatable bonds is 3. The van der Waals surface area contributed by atoms with Crippen LogP contribution < -0.4 is 5.56 Å². The van der Waals surface area contributed by atoms with Gasteiger partial charge in [0.05, 0.1) is 17.2 Å². The number of furan rings is 1. The Hall–Kier alpha value is -3.73. The van der Waals surface area contributed by atoms with Crippen molar-refractivity contribution in [2.45, 2.75) is 18.4 Å². The molecule has 6 rings (SSSR count). The number of benzene rings is 1. The molecule has 4 heterocycles. The Kier molecular flexibility index (Phi) is 3.44. The van der Waals surface area contributed by atoms with Crippen LogP contribution in [0.1, 0.15) is 24.1 Å². The van der Waals surface area contributed by atoms with Crippen LogP contribution in [0.2, 0.25) is 0 Å². The summed E-state index contributed by atoms with van der Waals surface area (Å²) in [4.78, 5) is 22.2. The van der Waals surface area contributed by atoms with Gasteiger partial charge in [0.1, 0.15) is 5.58 Å². The first kappa shape index (κ1) is 16.2. The van der Waals surface area contributed by atoms with E-state index in [0.29, 0.717) is 11.0 Å². The second-order valence-corrected chi connectivity index (χ2v) is 7.49. The smallest absolute Gasteiger partial charge is 0.262 e. The second kappa shape index (κ2) is 6.14. The number of hydrogen-bond acceptors (Lipinski definition) is 4. The van der Waals surface area contributed by atoms with E-state index in [-0.39, 0.29) is 17.5 Å². The highest BCUT2D eigenvalue weighted by Crippen LogP contribution is 2.50. The third-order valence-electron chi connectivity index (χ3n) is 5.76. The molecule has 1 aromatic carbocycles. The summed E-state index contributed by atoms with van der Waals surface area (Å²) in [6, 6.07) is 18.1. The van der Waals surface area contributed by atoms with Gasteiger partial charge in [-0.15, -0.1) is 0 Å². The molecule has 2 atom stereocenters. The number of hydrogen-bond donors (Lipinski definition) is 0. The molecule has 1 saturated carbocycles. The van der Waals surface area contributed by atoms with Crippen molar-refractivity contribution in [2.24, 2.45) is 0 Å². The third-order valence-corrected chi connectivity index (χ3v) is 5.76. The van der Waals surface area contributed by atoms with Crippen molar-refractivity contribution >= 4 is 21.9 Å². The standard InChI is InChI=1S/C24H17N3O2/c28-24-23-18(15-7-10-25-11-8-15)14-29-22(23)9-12-27(24)21-13-17(21)20-6-5-16-3-1-2-4-19(16)26-20/h1-12,14,17,21H,13H2/t17?,21-/m1/s1. The van der Waals surface area contributed by atoms with Gasteiger partial charge in [0, 0.05) is 47.2 Å². The second-order valence-electron chi connectivity index (χ2n) is 7.49. The maximum absolute atomic E-state index is 13.3. The van der Waals surface area contributed by atoms with Gasteiger partial charge in [-0.2, -0.15) is 0 Å². The van der Waals surface area contributed by atoms with Crippen molar-refractivity contribution in [3.05, 3.63) is 95.5 Å². The molecule has 0 amide bonds. The van der Waals surface area contributed by atoms with Gasteiger partial charge in [-0.05, 0) is 42.3 Å². The average molecular weight is 379 g/mol. The molecule has 29 heavy (non-hydrogen) atoms. The fourth-order valence-electron chi connectivity index (χ4n) is 4.16. The number of nitrogens with zero attached hydrogens (tertiary/aromatic N) is 3. The lowest BCUT2D eigenvalue weighted by molar-refractivity contribution is 0.613. The monoisotopic (exact) mass is 379 g/mol. The zero-order valence-electron chi connectivity index (χ0n) is 15.5. The van der Waals surface area contributed by atoms with Crippen LogP contribution in [0.5, 0.6) is 0 Å². The molecule has 0 N–H and O–H groups in total. The van der Waals surface area contributed by atoms with E-state index in [9.17, 15) is 4.79 Å². The van der Waals surface area contributed by atoms with Crippen LogP contribution in [0, 0.1) is 0 Å². The first-order valence-corrected chi connectivity index (χ1v) is 9.68. The lowest BCUT2D eigenvalue weighted by Gasteiger charge is -2.07. The van der Waals surface area contributed by atoms with Crippen molar-refractivity contribution in [3.63, 3.8) is 0 Å². The third kappa shape index (κ3) is 2.58. The Bertz CT molecular complexity index is 1420. The van der Waals surface area contributed by atoms with Crippen LogP contribution >= 0.6 is 0 Å². The molecule has 0 radical (unpaired) electrons. The van der Waals surface area contributed by atoms with Crippen LogP contribution in [-0.2, 0) is 0 Å². The van der Waals surface area contributed by atoms with Crippen molar-refractivity contribution in [2.75, 3.05) is 0 Å². The van der Waals surface area contributed by atoms with Gasteiger partial charge in [0.15, 0.2) is 0 Å². The van der Waals surface area contributed by atoms with Crippen molar-refractivity contribution in [1.29, 1.82) is 0 Å². The zero-order chi connectivity index (χ0) is 19.4. The van der Waals surface area contributed by atoms with Crippen molar-refractivity contribution in [3.8, 4) is 11.1 Å². The predicted octanol–water partition coefficient (Wildman–Crippen LogP) is 4.93. The molecule has 0 bridgehead atoms. The molecule has 5 nitrogen and oxygen atoms in total. The van der Waals surface area contributed by atoms with Crippen molar-refractivity contribution in [1.82, 2.24) is 14.5 Å². The lowest BCUT2D eigenvalue weighted by Crippen LogP contribution is -2.18. The summed E-state index contributed by atoms with van der Waals surface area (Å²) in [5.74, 6) is 0.256. The van der Waals surface area contributed by atoms with E-state index >= 15 is 0 Å². The highest BCUT2D eigenvalue weighted by atomic mass is 16.3. The molecule has 140 valence electrons.